The van der Waals surface area contributed by atoms with E-state index in [1.54, 1.807) is 6.26 Å². The van der Waals surface area contributed by atoms with Gasteiger partial charge >= 0.3 is 0 Å². The Balaban J connectivity index is 1.45. The monoisotopic (exact) mass is 333 g/mol. The van der Waals surface area contributed by atoms with Crippen LogP contribution in [0.1, 0.15) is 43.6 Å². The first-order chi connectivity index (χ1) is 11.3. The fourth-order valence-electron chi connectivity index (χ4n) is 2.83. The summed E-state index contributed by atoms with van der Waals surface area (Å²) in [4.78, 5) is 19.0. The summed E-state index contributed by atoms with van der Waals surface area (Å²) < 4.78 is 5.23. The van der Waals surface area contributed by atoms with E-state index in [-0.39, 0.29) is 5.91 Å². The molecule has 0 radical (unpaired) electrons. The average Bonchev–Trinajstić information content (AvgIpc) is 3.14. The number of carbonyl (C=O) groups excluding carboxylic acids is 1. The highest BCUT2D eigenvalue weighted by Crippen LogP contribution is 2.19. The number of rotatable bonds is 6. The van der Waals surface area contributed by atoms with E-state index < -0.39 is 0 Å². The minimum atomic E-state index is -0.0166. The van der Waals surface area contributed by atoms with Crippen molar-refractivity contribution < 1.29 is 9.21 Å². The van der Waals surface area contributed by atoms with Crippen LogP contribution in [-0.4, -0.2) is 28.9 Å². The first-order valence-electron chi connectivity index (χ1n) is 8.28. The molecule has 0 spiro atoms. The third-order valence-electron chi connectivity index (χ3n) is 4.06. The molecule has 23 heavy (non-hydrogen) atoms. The Hall–Kier alpha value is -1.66. The maximum atomic E-state index is 12.0. The zero-order valence-electron chi connectivity index (χ0n) is 13.3. The lowest BCUT2D eigenvalue weighted by molar-refractivity contribution is -0.116. The summed E-state index contributed by atoms with van der Waals surface area (Å²) in [6, 6.07) is 3.72. The minimum absolute atomic E-state index is 0.0166. The van der Waals surface area contributed by atoms with Crippen LogP contribution in [0.5, 0.6) is 0 Å². The minimum Gasteiger partial charge on any atom is -0.469 e. The predicted octanol–water partition coefficient (Wildman–Crippen LogP) is 3.68. The van der Waals surface area contributed by atoms with Crippen molar-refractivity contribution in [2.45, 2.75) is 45.1 Å². The van der Waals surface area contributed by atoms with Crippen LogP contribution >= 0.6 is 11.3 Å². The molecule has 0 aromatic carbocycles. The van der Waals surface area contributed by atoms with Crippen LogP contribution in [0.15, 0.2) is 28.2 Å². The molecule has 0 aliphatic carbocycles. The Bertz CT molecular complexity index is 601. The summed E-state index contributed by atoms with van der Waals surface area (Å²) in [5.74, 6) is 0.818. The zero-order chi connectivity index (χ0) is 15.9. The maximum Gasteiger partial charge on any atom is 0.226 e. The van der Waals surface area contributed by atoms with Crippen molar-refractivity contribution in [3.8, 4) is 0 Å². The fourth-order valence-corrected chi connectivity index (χ4v) is 3.55. The van der Waals surface area contributed by atoms with Gasteiger partial charge in [-0.15, -0.1) is 11.3 Å². The molecule has 124 valence electrons. The molecule has 1 aliphatic rings. The second kappa shape index (κ2) is 8.26. The average molecular weight is 333 g/mol. The van der Waals surface area contributed by atoms with E-state index in [1.807, 2.05) is 17.5 Å². The van der Waals surface area contributed by atoms with Crippen molar-refractivity contribution in [1.82, 2.24) is 9.88 Å². The summed E-state index contributed by atoms with van der Waals surface area (Å²) in [6.45, 7) is 3.20. The number of nitrogens with zero attached hydrogens (tertiary/aromatic N) is 2. The van der Waals surface area contributed by atoms with E-state index in [4.69, 9.17) is 4.42 Å². The number of amides is 1. The lowest BCUT2D eigenvalue weighted by Gasteiger charge is -2.17. The number of nitrogens with one attached hydrogen (secondary N) is 1. The summed E-state index contributed by atoms with van der Waals surface area (Å²) in [6.07, 6.45) is 7.89. The Labute approximate surface area is 140 Å². The summed E-state index contributed by atoms with van der Waals surface area (Å²) in [5.41, 5.74) is 1.05. The van der Waals surface area contributed by atoms with Crippen LogP contribution in [0.3, 0.4) is 0 Å². The molecule has 5 nitrogen and oxygen atoms in total. The van der Waals surface area contributed by atoms with Gasteiger partial charge in [-0.05, 0) is 38.1 Å². The number of furan rings is 1. The van der Waals surface area contributed by atoms with Crippen molar-refractivity contribution >= 4 is 22.4 Å². The largest absolute Gasteiger partial charge is 0.469 e. The molecule has 0 saturated carbocycles. The second-order valence-electron chi connectivity index (χ2n) is 5.96. The van der Waals surface area contributed by atoms with E-state index >= 15 is 0 Å². The molecule has 2 aromatic rings. The number of thiazole rings is 1. The Morgan fingerprint density at radius 2 is 2.13 bits per heavy atom. The summed E-state index contributed by atoms with van der Waals surface area (Å²) >= 11 is 1.50. The van der Waals surface area contributed by atoms with Crippen LogP contribution < -0.4 is 5.32 Å². The Kier molecular flexibility index (Phi) is 5.82. The highest BCUT2D eigenvalue weighted by Gasteiger charge is 2.12. The fraction of sp³-hybridized carbons (Fsp3) is 0.529. The first-order valence-corrected chi connectivity index (χ1v) is 9.16. The molecule has 1 aliphatic heterocycles. The van der Waals surface area contributed by atoms with Gasteiger partial charge in [-0.25, -0.2) is 4.98 Å². The molecule has 1 saturated heterocycles. The molecule has 1 fully saturated rings. The van der Waals surface area contributed by atoms with E-state index in [0.29, 0.717) is 18.0 Å². The van der Waals surface area contributed by atoms with E-state index in [1.165, 1.54) is 37.0 Å². The van der Waals surface area contributed by atoms with E-state index in [9.17, 15) is 4.79 Å². The van der Waals surface area contributed by atoms with Gasteiger partial charge in [0.05, 0.1) is 12.0 Å². The van der Waals surface area contributed by atoms with E-state index in [0.717, 1.165) is 31.1 Å². The quantitative estimate of drug-likeness (QED) is 0.876. The van der Waals surface area contributed by atoms with Gasteiger partial charge in [0.1, 0.15) is 5.76 Å². The van der Waals surface area contributed by atoms with Gasteiger partial charge in [-0.3, -0.25) is 9.69 Å². The molecule has 2 aromatic heterocycles. The number of aryl methyl sites for hydroxylation is 1. The molecule has 6 heteroatoms. The lowest BCUT2D eigenvalue weighted by atomic mass is 10.2. The molecule has 1 amide bonds. The number of carbonyl (C=O) groups is 1. The smallest absolute Gasteiger partial charge is 0.226 e. The van der Waals surface area contributed by atoms with Crippen molar-refractivity contribution in [1.29, 1.82) is 0 Å². The number of aromatic nitrogens is 1. The molecule has 0 bridgehead atoms. The van der Waals surface area contributed by atoms with Gasteiger partial charge in [0.2, 0.25) is 5.91 Å². The summed E-state index contributed by atoms with van der Waals surface area (Å²) in [5, 5.41) is 5.63. The number of anilines is 1. The highest BCUT2D eigenvalue weighted by atomic mass is 32.1. The van der Waals surface area contributed by atoms with Gasteiger partial charge in [-0.2, -0.15) is 0 Å². The van der Waals surface area contributed by atoms with Gasteiger partial charge < -0.3 is 9.73 Å². The van der Waals surface area contributed by atoms with Crippen LogP contribution in [0, 0.1) is 0 Å². The normalized spacial score (nSPS) is 16.2. The second-order valence-corrected chi connectivity index (χ2v) is 6.82. The van der Waals surface area contributed by atoms with Crippen molar-refractivity contribution in [2.75, 3.05) is 18.4 Å². The van der Waals surface area contributed by atoms with Crippen molar-refractivity contribution in [3.05, 3.63) is 35.2 Å². The number of hydrogen-bond donors (Lipinski definition) is 1. The standard InChI is InChI=1S/C17H23N3O2S/c21-16(8-7-15-6-5-11-22-15)19-17-18-14(13-23-17)12-20-9-3-1-2-4-10-20/h5-6,11,13H,1-4,7-10,12H2,(H,18,19,21). The molecule has 3 rings (SSSR count). The summed E-state index contributed by atoms with van der Waals surface area (Å²) in [7, 11) is 0. The molecule has 3 heterocycles. The molecule has 0 unspecified atom stereocenters. The lowest BCUT2D eigenvalue weighted by Crippen LogP contribution is -2.24. The number of hydrogen-bond acceptors (Lipinski definition) is 5. The third-order valence-corrected chi connectivity index (χ3v) is 4.87. The Morgan fingerprint density at radius 1 is 1.30 bits per heavy atom. The third kappa shape index (κ3) is 5.18. The van der Waals surface area contributed by atoms with Crippen molar-refractivity contribution in [3.63, 3.8) is 0 Å². The van der Waals surface area contributed by atoms with Crippen LogP contribution in [0.4, 0.5) is 5.13 Å². The van der Waals surface area contributed by atoms with Gasteiger partial charge in [-0.1, -0.05) is 12.8 Å². The van der Waals surface area contributed by atoms with Gasteiger partial charge in [0.25, 0.3) is 0 Å². The topological polar surface area (TPSA) is 58.4 Å². The van der Waals surface area contributed by atoms with Crippen LogP contribution in [0.25, 0.3) is 0 Å². The SMILES string of the molecule is O=C(CCc1ccco1)Nc1nc(CN2CCCCCC2)cs1. The van der Waals surface area contributed by atoms with Crippen LogP contribution in [-0.2, 0) is 17.8 Å². The predicted molar refractivity (Wildman–Crippen MR) is 91.5 cm³/mol. The number of likely N-dealkylation sites (tertiary alicyclic amines) is 1. The first kappa shape index (κ1) is 16.2. The molecule has 1 N–H and O–H groups in total. The Morgan fingerprint density at radius 3 is 2.87 bits per heavy atom. The zero-order valence-corrected chi connectivity index (χ0v) is 14.1. The highest BCUT2D eigenvalue weighted by molar-refractivity contribution is 7.13. The van der Waals surface area contributed by atoms with Gasteiger partial charge in [0.15, 0.2) is 5.13 Å². The van der Waals surface area contributed by atoms with Crippen LogP contribution in [0.2, 0.25) is 0 Å². The molecular formula is C17H23N3O2S. The molecule has 0 atom stereocenters. The van der Waals surface area contributed by atoms with Crippen molar-refractivity contribution in [2.24, 2.45) is 0 Å². The maximum absolute atomic E-state index is 12.0. The van der Waals surface area contributed by atoms with Gasteiger partial charge in [0, 0.05) is 24.8 Å². The molecular weight excluding hydrogens is 310 g/mol. The van der Waals surface area contributed by atoms with E-state index in [2.05, 4.69) is 15.2 Å².